The summed E-state index contributed by atoms with van der Waals surface area (Å²) in [5.74, 6) is -2.02. The molecule has 4 atom stereocenters. The van der Waals surface area contributed by atoms with E-state index in [0.29, 0.717) is 0 Å². The minimum atomic E-state index is -3.73. The standard InChI is InChI=1S/C19H25N5O9S/c1-9(25)30-7-13-15(31-10(2)26)19(4,33-11(3)27)18(32-13)24-6-12(23-34(5,28)29)14-16(20)21-8-22-17(14)24/h6,8,13,15,18,23H,7H2,1-5H3,(H2,20,21,22)/t13-,15-,18-,19-/m1/s1. The number of aromatic nitrogens is 3. The quantitative estimate of drug-likeness (QED) is 0.386. The zero-order chi connectivity index (χ0) is 25.4. The Labute approximate surface area is 194 Å². The van der Waals surface area contributed by atoms with Crippen molar-refractivity contribution in [3.05, 3.63) is 12.5 Å². The number of hydrogen-bond acceptors (Lipinski definition) is 12. The molecular formula is C19H25N5O9S. The molecule has 2 aromatic rings. The SMILES string of the molecule is CC(=O)OC[C@H]1O[C@@H](n2cc(NS(C)(=O)=O)c3c(N)ncnc32)[C@](C)(OC(C)=O)[C@@H]1OC(C)=O. The van der Waals surface area contributed by atoms with Crippen molar-refractivity contribution in [1.82, 2.24) is 14.5 Å². The van der Waals surface area contributed by atoms with Crippen LogP contribution >= 0.6 is 0 Å². The van der Waals surface area contributed by atoms with Crippen LogP contribution in [0.1, 0.15) is 33.9 Å². The Morgan fingerprint density at radius 1 is 1.21 bits per heavy atom. The number of rotatable bonds is 7. The monoisotopic (exact) mass is 499 g/mol. The third kappa shape index (κ3) is 5.04. The Morgan fingerprint density at radius 3 is 2.44 bits per heavy atom. The molecule has 1 aliphatic rings. The molecule has 0 amide bonds. The molecule has 3 N–H and O–H groups in total. The van der Waals surface area contributed by atoms with Gasteiger partial charge in [0.2, 0.25) is 10.0 Å². The van der Waals surface area contributed by atoms with E-state index in [1.54, 1.807) is 0 Å². The van der Waals surface area contributed by atoms with E-state index in [9.17, 15) is 22.8 Å². The van der Waals surface area contributed by atoms with E-state index in [0.717, 1.165) is 26.4 Å². The smallest absolute Gasteiger partial charge is 0.303 e. The molecule has 34 heavy (non-hydrogen) atoms. The Bertz CT molecular complexity index is 1240. The second-order valence-corrected chi connectivity index (χ2v) is 9.67. The van der Waals surface area contributed by atoms with Crippen molar-refractivity contribution in [3.8, 4) is 0 Å². The second kappa shape index (κ2) is 9.06. The first kappa shape index (κ1) is 25.2. The number of sulfonamides is 1. The number of nitrogens with one attached hydrogen (secondary N) is 1. The maximum Gasteiger partial charge on any atom is 0.303 e. The normalized spacial score (nSPS) is 24.6. The van der Waals surface area contributed by atoms with Gasteiger partial charge in [-0.25, -0.2) is 18.4 Å². The van der Waals surface area contributed by atoms with Crippen LogP contribution in [0.2, 0.25) is 0 Å². The van der Waals surface area contributed by atoms with E-state index in [2.05, 4.69) is 14.7 Å². The molecule has 0 saturated carbocycles. The van der Waals surface area contributed by atoms with E-state index in [1.807, 2.05) is 0 Å². The molecule has 0 spiro atoms. The molecule has 1 aliphatic heterocycles. The summed E-state index contributed by atoms with van der Waals surface area (Å²) < 4.78 is 49.7. The summed E-state index contributed by atoms with van der Waals surface area (Å²) in [6.07, 6.45) is 0.0369. The van der Waals surface area contributed by atoms with Gasteiger partial charge in [-0.1, -0.05) is 0 Å². The Balaban J connectivity index is 2.21. The summed E-state index contributed by atoms with van der Waals surface area (Å²) >= 11 is 0. The molecule has 1 saturated heterocycles. The topological polar surface area (TPSA) is 191 Å². The Morgan fingerprint density at radius 2 is 1.88 bits per heavy atom. The van der Waals surface area contributed by atoms with Gasteiger partial charge < -0.3 is 24.7 Å². The van der Waals surface area contributed by atoms with Crippen LogP contribution in [0, 0.1) is 0 Å². The third-order valence-electron chi connectivity index (χ3n) is 4.99. The van der Waals surface area contributed by atoms with Crippen LogP contribution in [0.25, 0.3) is 11.0 Å². The van der Waals surface area contributed by atoms with E-state index < -0.39 is 52.0 Å². The summed E-state index contributed by atoms with van der Waals surface area (Å²) in [5, 5.41) is 0.175. The first-order valence-corrected chi connectivity index (χ1v) is 11.9. The Kier molecular flexibility index (Phi) is 6.71. The zero-order valence-corrected chi connectivity index (χ0v) is 19.9. The van der Waals surface area contributed by atoms with E-state index >= 15 is 0 Å². The van der Waals surface area contributed by atoms with Gasteiger partial charge in [0.15, 0.2) is 17.9 Å². The number of nitrogens with zero attached hydrogens (tertiary/aromatic N) is 3. The van der Waals surface area contributed by atoms with Crippen LogP contribution in [-0.2, 0) is 43.4 Å². The number of nitrogen functional groups attached to an aromatic ring is 1. The average molecular weight is 500 g/mol. The lowest BCUT2D eigenvalue weighted by molar-refractivity contribution is -0.184. The van der Waals surface area contributed by atoms with Crippen LogP contribution in [0.15, 0.2) is 12.5 Å². The van der Waals surface area contributed by atoms with Gasteiger partial charge >= 0.3 is 17.9 Å². The first-order chi connectivity index (χ1) is 15.7. The lowest BCUT2D eigenvalue weighted by Gasteiger charge is -2.34. The number of hydrogen-bond donors (Lipinski definition) is 2. The molecule has 186 valence electrons. The number of carbonyl (C=O) groups excluding carboxylic acids is 3. The fraction of sp³-hybridized carbons (Fsp3) is 0.526. The number of fused-ring (bicyclic) bond motifs is 1. The van der Waals surface area contributed by atoms with Gasteiger partial charge in [-0.05, 0) is 6.92 Å². The second-order valence-electron chi connectivity index (χ2n) is 7.92. The number of nitrogens with two attached hydrogens (primary N) is 1. The van der Waals surface area contributed by atoms with Crippen LogP contribution in [0.3, 0.4) is 0 Å². The summed E-state index contributed by atoms with van der Waals surface area (Å²) in [7, 11) is -3.73. The highest BCUT2D eigenvalue weighted by molar-refractivity contribution is 7.92. The molecular weight excluding hydrogens is 474 g/mol. The lowest BCUT2D eigenvalue weighted by atomic mass is 9.95. The summed E-state index contributed by atoms with van der Waals surface area (Å²) in [5.41, 5.74) is 4.55. The maximum absolute atomic E-state index is 12.0. The average Bonchev–Trinajstić information content (AvgIpc) is 3.14. The van der Waals surface area contributed by atoms with Gasteiger partial charge in [-0.15, -0.1) is 0 Å². The van der Waals surface area contributed by atoms with Crippen molar-refractivity contribution in [2.45, 2.75) is 51.7 Å². The lowest BCUT2D eigenvalue weighted by Crippen LogP contribution is -2.50. The third-order valence-corrected chi connectivity index (χ3v) is 5.58. The molecule has 0 bridgehead atoms. The number of anilines is 2. The number of ether oxygens (including phenoxy) is 4. The van der Waals surface area contributed by atoms with E-state index in [4.69, 9.17) is 24.7 Å². The molecule has 0 aliphatic carbocycles. The summed E-state index contributed by atoms with van der Waals surface area (Å²) in [4.78, 5) is 43.4. The van der Waals surface area contributed by atoms with E-state index in [1.165, 1.54) is 24.6 Å². The molecule has 2 aromatic heterocycles. The molecule has 15 heteroatoms. The predicted molar refractivity (Wildman–Crippen MR) is 117 cm³/mol. The minimum Gasteiger partial charge on any atom is -0.463 e. The summed E-state index contributed by atoms with van der Waals surface area (Å²) in [6, 6.07) is 0. The van der Waals surface area contributed by atoms with Gasteiger partial charge in [0.05, 0.1) is 17.3 Å². The highest BCUT2D eigenvalue weighted by atomic mass is 32.2. The molecule has 0 radical (unpaired) electrons. The van der Waals surface area contributed by atoms with Crippen molar-refractivity contribution in [2.75, 3.05) is 23.3 Å². The van der Waals surface area contributed by atoms with Gasteiger partial charge in [-0.2, -0.15) is 0 Å². The fourth-order valence-electron chi connectivity index (χ4n) is 3.90. The van der Waals surface area contributed by atoms with Crippen molar-refractivity contribution >= 4 is 50.5 Å². The summed E-state index contributed by atoms with van der Waals surface area (Å²) in [6.45, 7) is 4.68. The van der Waals surface area contributed by atoms with Crippen LogP contribution < -0.4 is 10.5 Å². The molecule has 0 unspecified atom stereocenters. The zero-order valence-electron chi connectivity index (χ0n) is 19.1. The van der Waals surface area contributed by atoms with Gasteiger partial charge in [0, 0.05) is 27.0 Å². The van der Waals surface area contributed by atoms with E-state index in [-0.39, 0.29) is 29.1 Å². The van der Waals surface area contributed by atoms with Crippen molar-refractivity contribution in [3.63, 3.8) is 0 Å². The highest BCUT2D eigenvalue weighted by Gasteiger charge is 2.60. The van der Waals surface area contributed by atoms with Crippen LogP contribution in [0.4, 0.5) is 11.5 Å². The maximum atomic E-state index is 12.0. The molecule has 3 heterocycles. The van der Waals surface area contributed by atoms with Gasteiger partial charge in [0.1, 0.15) is 30.5 Å². The highest BCUT2D eigenvalue weighted by Crippen LogP contribution is 2.45. The predicted octanol–water partition coefficient (Wildman–Crippen LogP) is 0.0990. The molecule has 14 nitrogen and oxygen atoms in total. The number of carbonyl (C=O) groups is 3. The largest absolute Gasteiger partial charge is 0.463 e. The van der Waals surface area contributed by atoms with Crippen LogP contribution in [0.5, 0.6) is 0 Å². The molecule has 0 aromatic carbocycles. The molecule has 3 rings (SSSR count). The van der Waals surface area contributed by atoms with Gasteiger partial charge in [-0.3, -0.25) is 23.7 Å². The first-order valence-electron chi connectivity index (χ1n) is 9.97. The number of esters is 3. The van der Waals surface area contributed by atoms with Crippen molar-refractivity contribution in [2.24, 2.45) is 0 Å². The Hall–Kier alpha value is -3.46. The fourth-order valence-corrected chi connectivity index (χ4v) is 4.46. The van der Waals surface area contributed by atoms with Crippen molar-refractivity contribution in [1.29, 1.82) is 0 Å². The van der Waals surface area contributed by atoms with Gasteiger partial charge in [0.25, 0.3) is 0 Å². The van der Waals surface area contributed by atoms with Crippen molar-refractivity contribution < 1.29 is 41.7 Å². The van der Waals surface area contributed by atoms with Crippen LogP contribution in [-0.4, -0.2) is 71.5 Å². The molecule has 1 fully saturated rings. The minimum absolute atomic E-state index is 0.0184.